The maximum Gasteiger partial charge on any atom is 0.257 e. The maximum atomic E-state index is 12.8. The van der Waals surface area contributed by atoms with Gasteiger partial charge in [-0.15, -0.1) is 0 Å². The molecule has 1 aliphatic rings. The van der Waals surface area contributed by atoms with Crippen molar-refractivity contribution in [3.8, 4) is 5.69 Å². The second kappa shape index (κ2) is 8.70. The topological polar surface area (TPSA) is 76.5 Å². The van der Waals surface area contributed by atoms with E-state index >= 15 is 0 Å². The molecule has 2 amide bonds. The molecule has 3 aromatic rings. The molecule has 1 saturated heterocycles. The van der Waals surface area contributed by atoms with Crippen molar-refractivity contribution in [3.63, 3.8) is 0 Å². The van der Waals surface area contributed by atoms with Crippen LogP contribution in [0.3, 0.4) is 0 Å². The molecule has 0 aliphatic carbocycles. The van der Waals surface area contributed by atoms with Crippen LogP contribution in [0, 0.1) is 0 Å². The van der Waals surface area contributed by atoms with Crippen molar-refractivity contribution in [2.75, 3.05) is 31.6 Å². The molecule has 2 aromatic carbocycles. The van der Waals surface area contributed by atoms with E-state index in [0.29, 0.717) is 49.7 Å². The molecule has 7 heteroatoms. The van der Waals surface area contributed by atoms with Crippen LogP contribution < -0.4 is 5.32 Å². The highest BCUT2D eigenvalue weighted by Crippen LogP contribution is 2.17. The molecule has 2 heterocycles. The summed E-state index contributed by atoms with van der Waals surface area (Å²) in [5.41, 5.74) is 2.83. The highest BCUT2D eigenvalue weighted by Gasteiger charge is 2.17. The zero-order valence-corrected chi connectivity index (χ0v) is 16.0. The van der Waals surface area contributed by atoms with E-state index in [4.69, 9.17) is 4.74 Å². The van der Waals surface area contributed by atoms with Crippen LogP contribution in [0.15, 0.2) is 67.0 Å². The SMILES string of the molecule is O=C(Nc1ccc(CC(=O)N2CCOCC2)cc1)c1ccccc1-n1cccn1. The summed E-state index contributed by atoms with van der Waals surface area (Å²) >= 11 is 0. The number of rotatable bonds is 5. The fourth-order valence-corrected chi connectivity index (χ4v) is 3.28. The average molecular weight is 390 g/mol. The van der Waals surface area contributed by atoms with E-state index in [2.05, 4.69) is 10.4 Å². The van der Waals surface area contributed by atoms with E-state index in [1.165, 1.54) is 0 Å². The summed E-state index contributed by atoms with van der Waals surface area (Å²) in [4.78, 5) is 27.0. The second-order valence-corrected chi connectivity index (χ2v) is 6.79. The minimum absolute atomic E-state index is 0.0956. The number of para-hydroxylation sites is 1. The fraction of sp³-hybridized carbons (Fsp3) is 0.227. The number of nitrogens with zero attached hydrogens (tertiary/aromatic N) is 3. The molecule has 0 unspecified atom stereocenters. The van der Waals surface area contributed by atoms with Gasteiger partial charge >= 0.3 is 0 Å². The summed E-state index contributed by atoms with van der Waals surface area (Å²) in [5.74, 6) is -0.119. The van der Waals surface area contributed by atoms with Gasteiger partial charge in [-0.3, -0.25) is 9.59 Å². The molecule has 29 heavy (non-hydrogen) atoms. The molecule has 0 atom stereocenters. The number of ether oxygens (including phenoxy) is 1. The molecule has 0 saturated carbocycles. The van der Waals surface area contributed by atoms with Gasteiger partial charge in [0.15, 0.2) is 0 Å². The van der Waals surface area contributed by atoms with Crippen LogP contribution in [0.1, 0.15) is 15.9 Å². The first-order chi connectivity index (χ1) is 14.2. The highest BCUT2D eigenvalue weighted by molar-refractivity contribution is 6.06. The fourth-order valence-electron chi connectivity index (χ4n) is 3.28. The first kappa shape index (κ1) is 18.9. The monoisotopic (exact) mass is 390 g/mol. The number of anilines is 1. The largest absolute Gasteiger partial charge is 0.378 e. The molecule has 1 aromatic heterocycles. The first-order valence-electron chi connectivity index (χ1n) is 9.55. The van der Waals surface area contributed by atoms with Crippen molar-refractivity contribution in [3.05, 3.63) is 78.1 Å². The molecular weight excluding hydrogens is 368 g/mol. The van der Waals surface area contributed by atoms with Crippen molar-refractivity contribution in [2.24, 2.45) is 0 Å². The van der Waals surface area contributed by atoms with E-state index in [1.807, 2.05) is 53.4 Å². The lowest BCUT2D eigenvalue weighted by atomic mass is 10.1. The Hall–Kier alpha value is -3.45. The van der Waals surface area contributed by atoms with Gasteiger partial charge in [-0.25, -0.2) is 4.68 Å². The number of carbonyl (C=O) groups is 2. The Morgan fingerprint density at radius 1 is 1.00 bits per heavy atom. The molecule has 1 aliphatic heterocycles. The Morgan fingerprint density at radius 2 is 1.76 bits per heavy atom. The quantitative estimate of drug-likeness (QED) is 0.726. The number of hydrogen-bond acceptors (Lipinski definition) is 4. The summed E-state index contributed by atoms with van der Waals surface area (Å²) in [6.45, 7) is 2.47. The van der Waals surface area contributed by atoms with Crippen molar-refractivity contribution >= 4 is 17.5 Å². The van der Waals surface area contributed by atoms with Gasteiger partial charge in [-0.2, -0.15) is 5.10 Å². The molecule has 1 fully saturated rings. The number of nitrogens with one attached hydrogen (secondary N) is 1. The average Bonchev–Trinajstić information content (AvgIpc) is 3.30. The minimum Gasteiger partial charge on any atom is -0.378 e. The van der Waals surface area contributed by atoms with E-state index in [-0.39, 0.29) is 11.8 Å². The molecule has 0 bridgehead atoms. The third kappa shape index (κ3) is 4.52. The van der Waals surface area contributed by atoms with E-state index in [1.54, 1.807) is 23.1 Å². The molecule has 4 rings (SSSR count). The molecule has 1 N–H and O–H groups in total. The van der Waals surface area contributed by atoms with Crippen LogP contribution in [-0.2, 0) is 16.0 Å². The Labute approximate surface area is 168 Å². The molecular formula is C22H22N4O3. The Balaban J connectivity index is 1.42. The molecule has 0 spiro atoms. The van der Waals surface area contributed by atoms with Gasteiger partial charge in [-0.1, -0.05) is 24.3 Å². The van der Waals surface area contributed by atoms with Gasteiger partial charge in [0, 0.05) is 31.2 Å². The van der Waals surface area contributed by atoms with E-state index in [9.17, 15) is 9.59 Å². The van der Waals surface area contributed by atoms with Gasteiger partial charge in [-0.05, 0) is 35.9 Å². The van der Waals surface area contributed by atoms with Crippen LogP contribution in [0.2, 0.25) is 0 Å². The number of amides is 2. The van der Waals surface area contributed by atoms with E-state index in [0.717, 1.165) is 5.56 Å². The third-order valence-electron chi connectivity index (χ3n) is 4.83. The Kier molecular flexibility index (Phi) is 5.67. The van der Waals surface area contributed by atoms with Crippen LogP contribution in [0.5, 0.6) is 0 Å². The first-order valence-corrected chi connectivity index (χ1v) is 9.55. The van der Waals surface area contributed by atoms with Gasteiger partial charge in [0.05, 0.1) is 30.9 Å². The van der Waals surface area contributed by atoms with Crippen LogP contribution >= 0.6 is 0 Å². The van der Waals surface area contributed by atoms with Crippen molar-refractivity contribution in [1.82, 2.24) is 14.7 Å². The predicted molar refractivity (Wildman–Crippen MR) is 109 cm³/mol. The minimum atomic E-state index is -0.215. The van der Waals surface area contributed by atoms with Crippen molar-refractivity contribution in [1.29, 1.82) is 0 Å². The number of hydrogen-bond donors (Lipinski definition) is 1. The lowest BCUT2D eigenvalue weighted by Crippen LogP contribution is -2.41. The summed E-state index contributed by atoms with van der Waals surface area (Å²) in [7, 11) is 0. The van der Waals surface area contributed by atoms with Gasteiger partial charge in [0.25, 0.3) is 5.91 Å². The summed E-state index contributed by atoms with van der Waals surface area (Å²) in [5, 5.41) is 7.12. The lowest BCUT2D eigenvalue weighted by Gasteiger charge is -2.26. The maximum absolute atomic E-state index is 12.8. The second-order valence-electron chi connectivity index (χ2n) is 6.79. The zero-order valence-electron chi connectivity index (χ0n) is 16.0. The number of carbonyl (C=O) groups excluding carboxylic acids is 2. The van der Waals surface area contributed by atoms with Crippen LogP contribution in [-0.4, -0.2) is 52.8 Å². The summed E-state index contributed by atoms with van der Waals surface area (Å²) in [6, 6.07) is 16.5. The molecule has 7 nitrogen and oxygen atoms in total. The normalized spacial score (nSPS) is 13.9. The molecule has 148 valence electrons. The zero-order chi connectivity index (χ0) is 20.1. The standard InChI is InChI=1S/C22H22N4O3/c27-21(25-12-14-29-15-13-25)16-17-6-8-18(9-7-17)24-22(28)19-4-1-2-5-20(19)26-11-3-10-23-26/h1-11H,12-16H2,(H,24,28). The van der Waals surface area contributed by atoms with E-state index < -0.39 is 0 Å². The number of aromatic nitrogens is 2. The van der Waals surface area contributed by atoms with Gasteiger partial charge < -0.3 is 15.0 Å². The number of morpholine rings is 1. The highest BCUT2D eigenvalue weighted by atomic mass is 16.5. The third-order valence-corrected chi connectivity index (χ3v) is 4.83. The summed E-state index contributed by atoms with van der Waals surface area (Å²) < 4.78 is 6.94. The predicted octanol–water partition coefficient (Wildman–Crippen LogP) is 2.53. The van der Waals surface area contributed by atoms with Crippen molar-refractivity contribution in [2.45, 2.75) is 6.42 Å². The van der Waals surface area contributed by atoms with Crippen LogP contribution in [0.4, 0.5) is 5.69 Å². The Bertz CT molecular complexity index is 978. The van der Waals surface area contributed by atoms with Gasteiger partial charge in [0.2, 0.25) is 5.91 Å². The van der Waals surface area contributed by atoms with Gasteiger partial charge in [0.1, 0.15) is 0 Å². The molecule has 0 radical (unpaired) electrons. The summed E-state index contributed by atoms with van der Waals surface area (Å²) in [6.07, 6.45) is 3.81. The van der Waals surface area contributed by atoms with Crippen molar-refractivity contribution < 1.29 is 14.3 Å². The lowest BCUT2D eigenvalue weighted by molar-refractivity contribution is -0.134. The smallest absolute Gasteiger partial charge is 0.257 e. The Morgan fingerprint density at radius 3 is 2.48 bits per heavy atom. The number of benzene rings is 2. The van der Waals surface area contributed by atoms with Crippen LogP contribution in [0.25, 0.3) is 5.69 Å².